The summed E-state index contributed by atoms with van der Waals surface area (Å²) in [6.45, 7) is 0.250. The van der Waals surface area contributed by atoms with Gasteiger partial charge in [0.1, 0.15) is 0 Å². The van der Waals surface area contributed by atoms with Gasteiger partial charge in [-0.05, 0) is 25.0 Å². The van der Waals surface area contributed by atoms with Crippen LogP contribution in [-0.4, -0.2) is 52.9 Å². The number of aromatic nitrogens is 1. The van der Waals surface area contributed by atoms with Crippen molar-refractivity contribution in [1.29, 1.82) is 0 Å². The van der Waals surface area contributed by atoms with Crippen LogP contribution >= 0.6 is 0 Å². The molecule has 1 aliphatic heterocycles. The molecule has 0 spiro atoms. The molecule has 23 heavy (non-hydrogen) atoms. The summed E-state index contributed by atoms with van der Waals surface area (Å²) < 4.78 is 37.2. The topological polar surface area (TPSA) is 53.5 Å². The maximum absolute atomic E-state index is 12.4. The van der Waals surface area contributed by atoms with Crippen molar-refractivity contribution < 1.29 is 22.8 Å². The summed E-state index contributed by atoms with van der Waals surface area (Å²) >= 11 is 0. The van der Waals surface area contributed by atoms with Gasteiger partial charge in [0, 0.05) is 32.3 Å². The number of piperidine rings is 1. The van der Waals surface area contributed by atoms with Crippen LogP contribution in [0, 0.1) is 5.92 Å². The van der Waals surface area contributed by atoms with E-state index < -0.39 is 12.1 Å². The normalized spacial score (nSPS) is 16.3. The van der Waals surface area contributed by atoms with Crippen LogP contribution in [-0.2, 0) is 16.1 Å². The van der Waals surface area contributed by atoms with E-state index in [1.807, 2.05) is 6.07 Å². The first-order valence-electron chi connectivity index (χ1n) is 7.30. The number of alkyl halides is 3. The molecule has 1 aromatic heterocycles. The molecule has 5 nitrogen and oxygen atoms in total. The Balaban J connectivity index is 1.87. The minimum absolute atomic E-state index is 0.0494. The lowest BCUT2D eigenvalue weighted by Gasteiger charge is -2.33. The Hall–Kier alpha value is -2.12. The Morgan fingerprint density at radius 3 is 2.48 bits per heavy atom. The van der Waals surface area contributed by atoms with Gasteiger partial charge < -0.3 is 9.80 Å². The number of rotatable bonds is 3. The second-order valence-corrected chi connectivity index (χ2v) is 5.58. The Kier molecular flexibility index (Phi) is 5.23. The summed E-state index contributed by atoms with van der Waals surface area (Å²) in [7, 11) is 1.64. The zero-order chi connectivity index (χ0) is 17.0. The Morgan fingerprint density at radius 1 is 1.30 bits per heavy atom. The van der Waals surface area contributed by atoms with Gasteiger partial charge in [-0.3, -0.25) is 14.6 Å². The highest BCUT2D eigenvalue weighted by Crippen LogP contribution is 2.25. The third kappa shape index (κ3) is 4.43. The van der Waals surface area contributed by atoms with Crippen molar-refractivity contribution in [3.8, 4) is 0 Å². The maximum atomic E-state index is 12.4. The highest BCUT2D eigenvalue weighted by atomic mass is 19.4. The first kappa shape index (κ1) is 17.2. The van der Waals surface area contributed by atoms with Crippen LogP contribution in [0.25, 0.3) is 0 Å². The number of carbonyl (C=O) groups is 2. The van der Waals surface area contributed by atoms with Gasteiger partial charge >= 0.3 is 12.1 Å². The number of halogens is 3. The summed E-state index contributed by atoms with van der Waals surface area (Å²) in [6, 6.07) is 5.40. The lowest BCUT2D eigenvalue weighted by atomic mass is 9.95. The Bertz CT molecular complexity index is 555. The Morgan fingerprint density at radius 2 is 1.96 bits per heavy atom. The van der Waals surface area contributed by atoms with Crippen molar-refractivity contribution in [1.82, 2.24) is 14.8 Å². The number of pyridine rings is 1. The van der Waals surface area contributed by atoms with Crippen molar-refractivity contribution in [3.63, 3.8) is 0 Å². The lowest BCUT2D eigenvalue weighted by Crippen LogP contribution is -2.47. The molecule has 0 bridgehead atoms. The molecule has 8 heteroatoms. The van der Waals surface area contributed by atoms with E-state index in [2.05, 4.69) is 4.98 Å². The van der Waals surface area contributed by atoms with Crippen molar-refractivity contribution in [2.45, 2.75) is 25.6 Å². The second-order valence-electron chi connectivity index (χ2n) is 5.58. The number of likely N-dealkylation sites (tertiary alicyclic amines) is 1. The zero-order valence-corrected chi connectivity index (χ0v) is 12.7. The smallest absolute Gasteiger partial charge is 0.340 e. The van der Waals surface area contributed by atoms with Crippen molar-refractivity contribution in [2.24, 2.45) is 5.92 Å². The number of hydrogen-bond acceptors (Lipinski definition) is 3. The van der Waals surface area contributed by atoms with E-state index in [0.29, 0.717) is 6.54 Å². The maximum Gasteiger partial charge on any atom is 0.471 e. The molecule has 0 unspecified atom stereocenters. The predicted molar refractivity (Wildman–Crippen MR) is 76.1 cm³/mol. The fourth-order valence-corrected chi connectivity index (χ4v) is 2.63. The van der Waals surface area contributed by atoms with Crippen LogP contribution in [0.2, 0.25) is 0 Å². The average molecular weight is 329 g/mol. The van der Waals surface area contributed by atoms with Gasteiger partial charge in [0.25, 0.3) is 0 Å². The van der Waals surface area contributed by atoms with Gasteiger partial charge in [0.05, 0.1) is 12.2 Å². The third-order valence-corrected chi connectivity index (χ3v) is 3.88. The summed E-state index contributed by atoms with van der Waals surface area (Å²) in [5, 5.41) is 0. The van der Waals surface area contributed by atoms with E-state index in [1.165, 1.54) is 4.90 Å². The van der Waals surface area contributed by atoms with Crippen LogP contribution < -0.4 is 0 Å². The van der Waals surface area contributed by atoms with Gasteiger partial charge in [0.2, 0.25) is 5.91 Å². The molecule has 2 amide bonds. The molecule has 0 N–H and O–H groups in total. The largest absolute Gasteiger partial charge is 0.471 e. The van der Waals surface area contributed by atoms with Gasteiger partial charge in [-0.25, -0.2) is 0 Å². The molecule has 0 aliphatic carbocycles. The highest BCUT2D eigenvalue weighted by molar-refractivity contribution is 5.83. The van der Waals surface area contributed by atoms with Gasteiger partial charge in [-0.2, -0.15) is 13.2 Å². The predicted octanol–water partition coefficient (Wildman–Crippen LogP) is 1.84. The first-order chi connectivity index (χ1) is 10.8. The van der Waals surface area contributed by atoms with Crippen LogP contribution in [0.3, 0.4) is 0 Å². The van der Waals surface area contributed by atoms with Gasteiger partial charge in [-0.1, -0.05) is 6.07 Å². The van der Waals surface area contributed by atoms with Crippen LogP contribution in [0.15, 0.2) is 24.4 Å². The molecule has 1 aromatic rings. The number of amides is 2. The molecule has 1 fully saturated rings. The number of carbonyl (C=O) groups excluding carboxylic acids is 2. The molecule has 0 atom stereocenters. The molecule has 126 valence electrons. The summed E-state index contributed by atoms with van der Waals surface area (Å²) in [6.07, 6.45) is -2.73. The van der Waals surface area contributed by atoms with Crippen molar-refractivity contribution >= 4 is 11.8 Å². The molecule has 1 aliphatic rings. The van der Waals surface area contributed by atoms with Crippen molar-refractivity contribution in [3.05, 3.63) is 30.1 Å². The monoisotopic (exact) mass is 329 g/mol. The second kappa shape index (κ2) is 6.97. The molecular weight excluding hydrogens is 311 g/mol. The number of nitrogens with zero attached hydrogens (tertiary/aromatic N) is 3. The molecular formula is C15H18F3N3O2. The summed E-state index contributed by atoms with van der Waals surface area (Å²) in [5.41, 5.74) is 0.744. The third-order valence-electron chi connectivity index (χ3n) is 3.88. The van der Waals surface area contributed by atoms with Crippen molar-refractivity contribution in [2.75, 3.05) is 20.1 Å². The molecule has 2 rings (SSSR count). The number of hydrogen-bond donors (Lipinski definition) is 0. The van der Waals surface area contributed by atoms with Crippen LogP contribution in [0.5, 0.6) is 0 Å². The quantitative estimate of drug-likeness (QED) is 0.850. The van der Waals surface area contributed by atoms with E-state index in [1.54, 1.807) is 25.4 Å². The SMILES string of the molecule is CN(Cc1ccccn1)C(=O)C1CCN(C(=O)C(F)(F)F)CC1. The molecule has 0 radical (unpaired) electrons. The van der Waals surface area contributed by atoms with E-state index in [4.69, 9.17) is 0 Å². The first-order valence-corrected chi connectivity index (χ1v) is 7.30. The van der Waals surface area contributed by atoms with E-state index in [0.717, 1.165) is 10.6 Å². The van der Waals surface area contributed by atoms with Crippen LogP contribution in [0.4, 0.5) is 13.2 Å². The molecule has 2 heterocycles. The molecule has 0 saturated carbocycles. The molecule has 0 aromatic carbocycles. The minimum Gasteiger partial charge on any atom is -0.340 e. The zero-order valence-electron chi connectivity index (χ0n) is 12.7. The fraction of sp³-hybridized carbons (Fsp3) is 0.533. The van der Waals surface area contributed by atoms with E-state index in [-0.39, 0.29) is 37.8 Å². The van der Waals surface area contributed by atoms with Crippen LogP contribution in [0.1, 0.15) is 18.5 Å². The van der Waals surface area contributed by atoms with Gasteiger partial charge in [0.15, 0.2) is 0 Å². The fourth-order valence-electron chi connectivity index (χ4n) is 2.63. The summed E-state index contributed by atoms with van der Waals surface area (Å²) in [4.78, 5) is 29.9. The Labute approximate surface area is 132 Å². The molecule has 1 saturated heterocycles. The summed E-state index contributed by atoms with van der Waals surface area (Å²) in [5.74, 6) is -2.32. The standard InChI is InChI=1S/C15H18F3N3O2/c1-20(10-12-4-2-3-7-19-12)13(22)11-5-8-21(9-6-11)14(23)15(16,17)18/h2-4,7,11H,5-6,8-10H2,1H3. The van der Waals surface area contributed by atoms with E-state index in [9.17, 15) is 22.8 Å². The lowest BCUT2D eigenvalue weighted by molar-refractivity contribution is -0.187. The average Bonchev–Trinajstić information content (AvgIpc) is 2.53. The van der Waals surface area contributed by atoms with Gasteiger partial charge in [-0.15, -0.1) is 0 Å². The highest BCUT2D eigenvalue weighted by Gasteiger charge is 2.43. The van der Waals surface area contributed by atoms with E-state index >= 15 is 0 Å². The minimum atomic E-state index is -4.85.